The van der Waals surface area contributed by atoms with Gasteiger partial charge in [0.05, 0.1) is 17.7 Å². The minimum Gasteiger partial charge on any atom is -0.492 e. The predicted octanol–water partition coefficient (Wildman–Crippen LogP) is 4.65. The fourth-order valence-corrected chi connectivity index (χ4v) is 2.54. The highest BCUT2D eigenvalue weighted by atomic mass is 19.4. The molecule has 0 aliphatic rings. The number of carbonyl (C=O) groups is 1. The molecular formula is C21H18F3N3O2. The number of rotatable bonds is 7. The van der Waals surface area contributed by atoms with E-state index < -0.39 is 17.6 Å². The number of anilines is 2. The molecule has 2 aromatic carbocycles. The molecule has 0 saturated carbocycles. The van der Waals surface area contributed by atoms with Crippen molar-refractivity contribution in [3.05, 3.63) is 84.1 Å². The van der Waals surface area contributed by atoms with Crippen LogP contribution < -0.4 is 15.4 Å². The van der Waals surface area contributed by atoms with Crippen LogP contribution in [0, 0.1) is 0 Å². The van der Waals surface area contributed by atoms with Gasteiger partial charge in [-0.3, -0.25) is 4.79 Å². The van der Waals surface area contributed by atoms with Crippen LogP contribution in [0.5, 0.6) is 5.75 Å². The molecule has 0 radical (unpaired) electrons. The van der Waals surface area contributed by atoms with Crippen LogP contribution in [0.1, 0.15) is 15.9 Å². The fraction of sp³-hybridized carbons (Fsp3) is 0.143. The highest BCUT2D eigenvalue weighted by Crippen LogP contribution is 2.31. The molecule has 29 heavy (non-hydrogen) atoms. The van der Waals surface area contributed by atoms with Gasteiger partial charge in [-0.25, -0.2) is 4.98 Å². The van der Waals surface area contributed by atoms with Crippen LogP contribution in [-0.2, 0) is 6.18 Å². The molecule has 0 unspecified atom stereocenters. The molecule has 2 N–H and O–H groups in total. The zero-order chi connectivity index (χ0) is 20.7. The summed E-state index contributed by atoms with van der Waals surface area (Å²) in [6.07, 6.45) is -3.01. The number of benzene rings is 2. The monoisotopic (exact) mass is 401 g/mol. The van der Waals surface area contributed by atoms with Crippen molar-refractivity contribution in [3.8, 4) is 5.75 Å². The van der Waals surface area contributed by atoms with Crippen molar-refractivity contribution in [2.24, 2.45) is 0 Å². The first-order valence-electron chi connectivity index (χ1n) is 8.79. The van der Waals surface area contributed by atoms with E-state index in [1.807, 2.05) is 18.2 Å². The van der Waals surface area contributed by atoms with E-state index in [9.17, 15) is 18.0 Å². The Kier molecular flexibility index (Phi) is 6.33. The molecule has 1 aromatic heterocycles. The van der Waals surface area contributed by atoms with Gasteiger partial charge in [-0.05, 0) is 42.5 Å². The number of nitrogens with one attached hydrogen (secondary N) is 2. The largest absolute Gasteiger partial charge is 0.492 e. The summed E-state index contributed by atoms with van der Waals surface area (Å²) in [7, 11) is 0. The second kappa shape index (κ2) is 9.09. The molecule has 0 saturated heterocycles. The molecule has 8 heteroatoms. The summed E-state index contributed by atoms with van der Waals surface area (Å²) in [5, 5.41) is 5.49. The number of halogens is 3. The smallest absolute Gasteiger partial charge is 0.416 e. The molecule has 0 bridgehead atoms. The van der Waals surface area contributed by atoms with Crippen molar-refractivity contribution < 1.29 is 22.7 Å². The molecule has 5 nitrogen and oxygen atoms in total. The van der Waals surface area contributed by atoms with Crippen LogP contribution in [0.2, 0.25) is 0 Å². The van der Waals surface area contributed by atoms with E-state index in [1.54, 1.807) is 18.2 Å². The van der Waals surface area contributed by atoms with Gasteiger partial charge in [0, 0.05) is 11.9 Å². The summed E-state index contributed by atoms with van der Waals surface area (Å²) in [5.74, 6) is 0.438. The molecule has 150 valence electrons. The van der Waals surface area contributed by atoms with Gasteiger partial charge >= 0.3 is 6.18 Å². The molecule has 1 amide bonds. The Balaban J connectivity index is 1.63. The van der Waals surface area contributed by atoms with Gasteiger partial charge < -0.3 is 15.4 Å². The number of ether oxygens (including phenoxy) is 1. The molecular weight excluding hydrogens is 383 g/mol. The maximum Gasteiger partial charge on any atom is 0.416 e. The number of alkyl halides is 3. The summed E-state index contributed by atoms with van der Waals surface area (Å²) in [6, 6.07) is 17.0. The first kappa shape index (κ1) is 20.2. The average molecular weight is 401 g/mol. The number of pyridine rings is 1. The van der Waals surface area contributed by atoms with Crippen molar-refractivity contribution in [1.82, 2.24) is 10.3 Å². The fourth-order valence-electron chi connectivity index (χ4n) is 2.54. The second-order valence-corrected chi connectivity index (χ2v) is 6.02. The standard InChI is InChI=1S/C21H18F3N3O2/c22-21(23,24)15-6-4-7-16(14-15)27-19-18(10-5-11-25-19)20(28)26-12-13-29-17-8-2-1-3-9-17/h1-11,14H,12-13H2,(H,25,27)(H,26,28). The maximum absolute atomic E-state index is 12.9. The molecule has 0 aliphatic carbocycles. The lowest BCUT2D eigenvalue weighted by molar-refractivity contribution is -0.137. The lowest BCUT2D eigenvalue weighted by Gasteiger charge is -2.13. The Labute approximate surface area is 165 Å². The average Bonchev–Trinajstić information content (AvgIpc) is 2.72. The van der Waals surface area contributed by atoms with Gasteiger partial charge in [0.15, 0.2) is 0 Å². The lowest BCUT2D eigenvalue weighted by atomic mass is 10.2. The van der Waals surface area contributed by atoms with Crippen molar-refractivity contribution >= 4 is 17.4 Å². The third kappa shape index (κ3) is 5.71. The summed E-state index contributed by atoms with van der Waals surface area (Å²) in [4.78, 5) is 16.5. The molecule has 0 aliphatic heterocycles. The Morgan fingerprint density at radius 2 is 1.79 bits per heavy atom. The van der Waals surface area contributed by atoms with Crippen molar-refractivity contribution in [1.29, 1.82) is 0 Å². The summed E-state index contributed by atoms with van der Waals surface area (Å²) < 4.78 is 44.2. The lowest BCUT2D eigenvalue weighted by Crippen LogP contribution is -2.28. The van der Waals surface area contributed by atoms with Crippen molar-refractivity contribution in [2.75, 3.05) is 18.5 Å². The number of aromatic nitrogens is 1. The number of hydrogen-bond acceptors (Lipinski definition) is 4. The third-order valence-electron chi connectivity index (χ3n) is 3.90. The van der Waals surface area contributed by atoms with E-state index in [0.29, 0.717) is 5.75 Å². The first-order chi connectivity index (χ1) is 13.9. The van der Waals surface area contributed by atoms with Gasteiger partial charge in [-0.15, -0.1) is 0 Å². The van der Waals surface area contributed by atoms with Gasteiger partial charge in [-0.1, -0.05) is 24.3 Å². The highest BCUT2D eigenvalue weighted by molar-refractivity contribution is 5.99. The van der Waals surface area contributed by atoms with Gasteiger partial charge in [-0.2, -0.15) is 13.2 Å². The summed E-state index contributed by atoms with van der Waals surface area (Å²) >= 11 is 0. The van der Waals surface area contributed by atoms with Crippen LogP contribution in [-0.4, -0.2) is 24.0 Å². The van der Waals surface area contributed by atoms with E-state index >= 15 is 0 Å². The zero-order valence-electron chi connectivity index (χ0n) is 15.2. The Morgan fingerprint density at radius 1 is 1.00 bits per heavy atom. The quantitative estimate of drug-likeness (QED) is 0.566. The number of carbonyl (C=O) groups excluding carboxylic acids is 1. The van der Waals surface area contributed by atoms with Gasteiger partial charge in [0.1, 0.15) is 18.2 Å². The molecule has 0 atom stereocenters. The summed E-state index contributed by atoms with van der Waals surface area (Å²) in [5.41, 5.74) is -0.396. The van der Waals surface area contributed by atoms with Crippen LogP contribution in [0.15, 0.2) is 72.9 Å². The normalized spacial score (nSPS) is 11.0. The number of hydrogen-bond donors (Lipinski definition) is 2. The first-order valence-corrected chi connectivity index (χ1v) is 8.79. The SMILES string of the molecule is O=C(NCCOc1ccccc1)c1cccnc1Nc1cccc(C(F)(F)F)c1. The van der Waals surface area contributed by atoms with Crippen molar-refractivity contribution in [2.45, 2.75) is 6.18 Å². The van der Waals surface area contributed by atoms with Crippen LogP contribution >= 0.6 is 0 Å². The predicted molar refractivity (Wildman–Crippen MR) is 103 cm³/mol. The second-order valence-electron chi connectivity index (χ2n) is 6.02. The Morgan fingerprint density at radius 3 is 2.55 bits per heavy atom. The molecule has 1 heterocycles. The molecule has 0 fully saturated rings. The third-order valence-corrected chi connectivity index (χ3v) is 3.90. The minimum atomic E-state index is -4.46. The van der Waals surface area contributed by atoms with Crippen LogP contribution in [0.4, 0.5) is 24.7 Å². The topological polar surface area (TPSA) is 63.2 Å². The molecule has 0 spiro atoms. The summed E-state index contributed by atoms with van der Waals surface area (Å²) in [6.45, 7) is 0.526. The van der Waals surface area contributed by atoms with E-state index in [-0.39, 0.29) is 30.2 Å². The number of nitrogens with zero attached hydrogens (tertiary/aromatic N) is 1. The highest BCUT2D eigenvalue weighted by Gasteiger charge is 2.30. The molecule has 3 rings (SSSR count). The van der Waals surface area contributed by atoms with Crippen molar-refractivity contribution in [3.63, 3.8) is 0 Å². The Bertz CT molecular complexity index is 963. The minimum absolute atomic E-state index is 0.160. The van der Waals surface area contributed by atoms with E-state index in [1.165, 1.54) is 24.4 Å². The Hall–Kier alpha value is -3.55. The van der Waals surface area contributed by atoms with E-state index in [0.717, 1.165) is 12.1 Å². The van der Waals surface area contributed by atoms with Gasteiger partial charge in [0.2, 0.25) is 0 Å². The number of para-hydroxylation sites is 1. The maximum atomic E-state index is 12.9. The zero-order valence-corrected chi connectivity index (χ0v) is 15.2. The van der Waals surface area contributed by atoms with E-state index in [2.05, 4.69) is 15.6 Å². The van der Waals surface area contributed by atoms with Gasteiger partial charge in [0.25, 0.3) is 5.91 Å². The number of amides is 1. The van der Waals surface area contributed by atoms with Crippen LogP contribution in [0.3, 0.4) is 0 Å². The molecule has 3 aromatic rings. The van der Waals surface area contributed by atoms with E-state index in [4.69, 9.17) is 4.74 Å². The van der Waals surface area contributed by atoms with Crippen LogP contribution in [0.25, 0.3) is 0 Å².